The molecule has 1 atom stereocenters. The van der Waals surface area contributed by atoms with Gasteiger partial charge in [0.1, 0.15) is 4.34 Å². The van der Waals surface area contributed by atoms with E-state index in [1.165, 1.54) is 0 Å². The fourth-order valence-electron chi connectivity index (χ4n) is 1.53. The summed E-state index contributed by atoms with van der Waals surface area (Å²) in [6, 6.07) is 0.234. The second-order valence-electron chi connectivity index (χ2n) is 4.39. The van der Waals surface area contributed by atoms with Gasteiger partial charge in [0.25, 0.3) is 0 Å². The number of nitrogens with zero attached hydrogens (tertiary/aromatic N) is 1. The number of hydrogen-bond acceptors (Lipinski definition) is 5. The van der Waals surface area contributed by atoms with Crippen LogP contribution in [0, 0.1) is 0 Å². The van der Waals surface area contributed by atoms with Gasteiger partial charge in [0.15, 0.2) is 0 Å². The van der Waals surface area contributed by atoms with Crippen LogP contribution in [0.15, 0.2) is 15.9 Å². The minimum absolute atomic E-state index is 0.234. The van der Waals surface area contributed by atoms with E-state index in [1.807, 2.05) is 26.2 Å². The molecule has 4 nitrogen and oxygen atoms in total. The summed E-state index contributed by atoms with van der Waals surface area (Å²) in [5.74, 6) is 0.526. The Balaban J connectivity index is 2.47. The molecule has 0 saturated heterocycles. The zero-order valence-electron chi connectivity index (χ0n) is 10.4. The zero-order chi connectivity index (χ0) is 12.9. The van der Waals surface area contributed by atoms with Gasteiger partial charge in [0.05, 0.1) is 5.54 Å². The van der Waals surface area contributed by atoms with Crippen molar-refractivity contribution in [3.05, 3.63) is 11.6 Å². The van der Waals surface area contributed by atoms with E-state index < -0.39 is 5.54 Å². The third-order valence-corrected chi connectivity index (χ3v) is 4.36. The van der Waals surface area contributed by atoms with Gasteiger partial charge in [0.2, 0.25) is 5.91 Å². The Kier molecular flexibility index (Phi) is 5.42. The number of primary amides is 1. The first kappa shape index (κ1) is 14.5. The number of carbonyl (C=O) groups excluding carboxylic acids is 1. The third kappa shape index (κ3) is 4.65. The molecule has 0 fully saturated rings. The number of hydrogen-bond donors (Lipinski definition) is 2. The van der Waals surface area contributed by atoms with Crippen LogP contribution in [-0.2, 0) is 4.79 Å². The average Bonchev–Trinajstić information content (AvgIpc) is 2.69. The molecule has 0 aliphatic carbocycles. The summed E-state index contributed by atoms with van der Waals surface area (Å²) in [6.07, 6.45) is 2.48. The summed E-state index contributed by atoms with van der Waals surface area (Å²) in [5.41, 5.74) is 4.81. The van der Waals surface area contributed by atoms with Gasteiger partial charge in [-0.25, -0.2) is 4.98 Å². The predicted molar refractivity (Wildman–Crippen MR) is 73.3 cm³/mol. The lowest BCUT2D eigenvalue weighted by Crippen LogP contribution is -2.55. The first-order chi connectivity index (χ1) is 7.94. The highest BCUT2D eigenvalue weighted by Gasteiger charge is 2.30. The summed E-state index contributed by atoms with van der Waals surface area (Å²) >= 11 is 3.27. The van der Waals surface area contributed by atoms with E-state index in [4.69, 9.17) is 5.73 Å². The van der Waals surface area contributed by atoms with E-state index in [0.717, 1.165) is 10.1 Å². The SMILES string of the molecule is CC(C)NC(C)(CCSc1nccs1)C(N)=O. The van der Waals surface area contributed by atoms with Crippen LogP contribution in [0.25, 0.3) is 0 Å². The summed E-state index contributed by atoms with van der Waals surface area (Å²) in [4.78, 5) is 15.7. The number of aromatic nitrogens is 1. The van der Waals surface area contributed by atoms with Crippen LogP contribution in [0.4, 0.5) is 0 Å². The number of thiazole rings is 1. The highest BCUT2D eigenvalue weighted by atomic mass is 32.2. The molecule has 1 rings (SSSR count). The van der Waals surface area contributed by atoms with Crippen molar-refractivity contribution in [1.82, 2.24) is 10.3 Å². The lowest BCUT2D eigenvalue weighted by molar-refractivity contribution is -0.124. The standard InChI is InChI=1S/C11H19N3OS2/c1-8(2)14-11(3,9(12)15)4-6-16-10-13-5-7-17-10/h5,7-8,14H,4,6H2,1-3H3,(H2,12,15). The molecule has 1 unspecified atom stereocenters. The lowest BCUT2D eigenvalue weighted by Gasteiger charge is -2.29. The Morgan fingerprint density at radius 3 is 2.88 bits per heavy atom. The maximum absolute atomic E-state index is 11.5. The molecule has 0 saturated carbocycles. The quantitative estimate of drug-likeness (QED) is 0.744. The molecular formula is C11H19N3OS2. The van der Waals surface area contributed by atoms with Crippen molar-refractivity contribution in [3.63, 3.8) is 0 Å². The van der Waals surface area contributed by atoms with Crippen molar-refractivity contribution in [1.29, 1.82) is 0 Å². The van der Waals surface area contributed by atoms with Gasteiger partial charge in [-0.1, -0.05) is 11.8 Å². The fraction of sp³-hybridized carbons (Fsp3) is 0.636. The van der Waals surface area contributed by atoms with Crippen molar-refractivity contribution >= 4 is 29.0 Å². The molecule has 96 valence electrons. The molecule has 0 bridgehead atoms. The lowest BCUT2D eigenvalue weighted by atomic mass is 9.97. The Hall–Kier alpha value is -0.590. The Bertz CT molecular complexity index is 354. The second kappa shape index (κ2) is 6.37. The van der Waals surface area contributed by atoms with Gasteiger partial charge in [-0.3, -0.25) is 4.79 Å². The molecule has 1 aromatic rings. The number of thioether (sulfide) groups is 1. The summed E-state index contributed by atoms with van der Waals surface area (Å²) in [5, 5.41) is 5.18. The monoisotopic (exact) mass is 273 g/mol. The van der Waals surface area contributed by atoms with Crippen molar-refractivity contribution in [2.45, 2.75) is 43.1 Å². The Morgan fingerprint density at radius 2 is 2.41 bits per heavy atom. The van der Waals surface area contributed by atoms with E-state index in [1.54, 1.807) is 29.3 Å². The van der Waals surface area contributed by atoms with Crippen LogP contribution in [-0.4, -0.2) is 28.2 Å². The van der Waals surface area contributed by atoms with Crippen LogP contribution >= 0.6 is 23.1 Å². The number of amides is 1. The predicted octanol–water partition coefficient (Wildman–Crippen LogP) is 1.87. The molecule has 1 heterocycles. The molecule has 0 aliphatic heterocycles. The minimum atomic E-state index is -0.640. The van der Waals surface area contributed by atoms with Crippen LogP contribution in [0.3, 0.4) is 0 Å². The van der Waals surface area contributed by atoms with Crippen molar-refractivity contribution in [2.75, 3.05) is 5.75 Å². The smallest absolute Gasteiger partial charge is 0.237 e. The van der Waals surface area contributed by atoms with Gasteiger partial charge in [-0.2, -0.15) is 0 Å². The zero-order valence-corrected chi connectivity index (χ0v) is 12.0. The van der Waals surface area contributed by atoms with Gasteiger partial charge < -0.3 is 11.1 Å². The first-order valence-electron chi connectivity index (χ1n) is 5.54. The topological polar surface area (TPSA) is 68.0 Å². The van der Waals surface area contributed by atoms with Crippen LogP contribution < -0.4 is 11.1 Å². The fourth-order valence-corrected chi connectivity index (χ4v) is 3.40. The average molecular weight is 273 g/mol. The highest BCUT2D eigenvalue weighted by Crippen LogP contribution is 2.23. The molecule has 0 radical (unpaired) electrons. The maximum atomic E-state index is 11.5. The van der Waals surface area contributed by atoms with Gasteiger partial charge in [-0.15, -0.1) is 11.3 Å². The molecule has 0 spiro atoms. The van der Waals surface area contributed by atoms with Crippen molar-refractivity contribution in [2.24, 2.45) is 5.73 Å². The Labute approximate surface area is 110 Å². The molecule has 3 N–H and O–H groups in total. The van der Waals surface area contributed by atoms with Gasteiger partial charge in [-0.05, 0) is 27.2 Å². The van der Waals surface area contributed by atoms with E-state index in [9.17, 15) is 4.79 Å². The van der Waals surface area contributed by atoms with Gasteiger partial charge >= 0.3 is 0 Å². The van der Waals surface area contributed by atoms with Crippen molar-refractivity contribution < 1.29 is 4.79 Å². The number of nitrogens with one attached hydrogen (secondary N) is 1. The maximum Gasteiger partial charge on any atom is 0.237 e. The highest BCUT2D eigenvalue weighted by molar-refractivity contribution is 8.00. The van der Waals surface area contributed by atoms with Gasteiger partial charge in [0, 0.05) is 23.4 Å². The molecule has 1 aromatic heterocycles. The molecule has 1 amide bonds. The van der Waals surface area contributed by atoms with Crippen LogP contribution in [0.2, 0.25) is 0 Å². The molecular weight excluding hydrogens is 254 g/mol. The second-order valence-corrected chi connectivity index (χ2v) is 6.63. The normalized spacial score (nSPS) is 14.8. The number of carbonyl (C=O) groups is 1. The van der Waals surface area contributed by atoms with Crippen molar-refractivity contribution in [3.8, 4) is 0 Å². The molecule has 6 heteroatoms. The summed E-state index contributed by atoms with van der Waals surface area (Å²) in [7, 11) is 0. The third-order valence-electron chi connectivity index (χ3n) is 2.39. The molecule has 0 aliphatic rings. The minimum Gasteiger partial charge on any atom is -0.368 e. The van der Waals surface area contributed by atoms with Crippen LogP contribution in [0.1, 0.15) is 27.2 Å². The summed E-state index contributed by atoms with van der Waals surface area (Å²) in [6.45, 7) is 5.88. The van der Waals surface area contributed by atoms with Crippen LogP contribution in [0.5, 0.6) is 0 Å². The molecule has 17 heavy (non-hydrogen) atoms. The van der Waals surface area contributed by atoms with E-state index in [2.05, 4.69) is 10.3 Å². The number of rotatable bonds is 7. The van der Waals surface area contributed by atoms with E-state index >= 15 is 0 Å². The van der Waals surface area contributed by atoms with E-state index in [0.29, 0.717) is 6.42 Å². The summed E-state index contributed by atoms with van der Waals surface area (Å²) < 4.78 is 1.03. The Morgan fingerprint density at radius 1 is 1.71 bits per heavy atom. The van der Waals surface area contributed by atoms with E-state index in [-0.39, 0.29) is 11.9 Å². The largest absolute Gasteiger partial charge is 0.368 e. The molecule has 0 aromatic carbocycles. The first-order valence-corrected chi connectivity index (χ1v) is 7.40. The number of nitrogens with two attached hydrogens (primary N) is 1.